The van der Waals surface area contributed by atoms with Gasteiger partial charge in [-0.3, -0.25) is 15.5 Å². The summed E-state index contributed by atoms with van der Waals surface area (Å²) in [5.74, 6) is -1.24. The molecule has 0 fully saturated rings. The molecule has 6 N–H and O–H groups in total. The number of aromatic hydroxyl groups is 1. The minimum atomic E-state index is -0.800. The molecule has 10 heteroatoms. The number of hydrogen-bond donors (Lipinski definition) is 4. The number of phenolic OH excluding ortho intramolecular Hbond substituents is 1. The highest BCUT2D eigenvalue weighted by molar-refractivity contribution is 6.15. The summed E-state index contributed by atoms with van der Waals surface area (Å²) >= 11 is 0. The van der Waals surface area contributed by atoms with Crippen LogP contribution in [0.2, 0.25) is 0 Å². The number of carbonyl (C=O) groups is 1. The van der Waals surface area contributed by atoms with E-state index in [-0.39, 0.29) is 41.7 Å². The third kappa shape index (κ3) is 5.03. The first-order valence-corrected chi connectivity index (χ1v) is 9.65. The number of hydrogen-bond acceptors (Lipinski definition) is 7. The molecule has 0 atom stereocenters. The summed E-state index contributed by atoms with van der Waals surface area (Å²) in [6.07, 6.45) is 1.25. The van der Waals surface area contributed by atoms with Crippen LogP contribution in [0.3, 0.4) is 0 Å². The van der Waals surface area contributed by atoms with E-state index in [4.69, 9.17) is 16.4 Å². The summed E-state index contributed by atoms with van der Waals surface area (Å²) in [4.78, 5) is 22.2. The Morgan fingerprint density at radius 2 is 1.97 bits per heavy atom. The van der Waals surface area contributed by atoms with E-state index in [1.807, 2.05) is 6.07 Å². The topological polar surface area (TPSA) is 157 Å². The lowest BCUT2D eigenvalue weighted by atomic mass is 10.0. The van der Waals surface area contributed by atoms with Gasteiger partial charge in [-0.25, -0.2) is 9.37 Å². The van der Waals surface area contributed by atoms with Crippen LogP contribution in [0.15, 0.2) is 54.9 Å². The smallest absolute Gasteiger partial charge is 0.254 e. The van der Waals surface area contributed by atoms with Gasteiger partial charge < -0.3 is 15.7 Å². The highest BCUT2D eigenvalue weighted by Crippen LogP contribution is 2.22. The van der Waals surface area contributed by atoms with E-state index in [9.17, 15) is 14.3 Å². The first-order valence-electron chi connectivity index (χ1n) is 9.65. The van der Waals surface area contributed by atoms with Gasteiger partial charge in [-0.1, -0.05) is 18.2 Å². The second-order valence-electron chi connectivity index (χ2n) is 6.80. The number of nitrogens with zero attached hydrogens (tertiary/aromatic N) is 4. The van der Waals surface area contributed by atoms with Gasteiger partial charge in [0.25, 0.3) is 5.91 Å². The molecule has 9 nitrogen and oxygen atoms in total. The van der Waals surface area contributed by atoms with E-state index >= 15 is 0 Å². The van der Waals surface area contributed by atoms with Crippen molar-refractivity contribution in [2.45, 2.75) is 0 Å². The van der Waals surface area contributed by atoms with Gasteiger partial charge in [0, 0.05) is 11.1 Å². The Balaban J connectivity index is 1.77. The van der Waals surface area contributed by atoms with Crippen molar-refractivity contribution in [2.24, 2.45) is 0 Å². The summed E-state index contributed by atoms with van der Waals surface area (Å²) in [6, 6.07) is 14.2. The predicted octanol–water partition coefficient (Wildman–Crippen LogP) is 1.18. The second-order valence-corrected chi connectivity index (χ2v) is 6.80. The maximum absolute atomic E-state index is 13.4. The van der Waals surface area contributed by atoms with Crippen LogP contribution in [-0.4, -0.2) is 51.2 Å². The second kappa shape index (κ2) is 10.1. The van der Waals surface area contributed by atoms with Crippen LogP contribution in [0.1, 0.15) is 21.5 Å². The van der Waals surface area contributed by atoms with Gasteiger partial charge in [-0.15, -0.1) is 0 Å². The number of nitriles is 1. The summed E-state index contributed by atoms with van der Waals surface area (Å²) in [5, 5.41) is 28.9. The largest absolute Gasteiger partial charge is 0.505 e. The average Bonchev–Trinajstić information content (AvgIpc) is 2.80. The van der Waals surface area contributed by atoms with Crippen molar-refractivity contribution in [3.05, 3.63) is 77.4 Å². The third-order valence-corrected chi connectivity index (χ3v) is 4.70. The Hall–Kier alpha value is -4.36. The van der Waals surface area contributed by atoms with Crippen molar-refractivity contribution in [2.75, 3.05) is 25.4 Å². The standard InChI is InChI=1S/C22H20FN7O2/c23-16-7-6-15(12-17(16)31)19(25)18-20(26)28-13-29-21(18)27-9-11-30(10-8-24)22(32)14-4-2-1-3-5-14/h1-7,12-13,25,31H,9-11H2,(H3,26,27,28,29)/p+1. The first-order chi connectivity index (χ1) is 15.4. The Morgan fingerprint density at radius 3 is 2.66 bits per heavy atom. The maximum Gasteiger partial charge on any atom is 0.254 e. The van der Waals surface area contributed by atoms with E-state index in [1.54, 1.807) is 35.6 Å². The number of rotatable bonds is 8. The molecule has 1 heterocycles. The average molecular weight is 434 g/mol. The molecule has 162 valence electrons. The van der Waals surface area contributed by atoms with Crippen LogP contribution in [0, 0.1) is 22.6 Å². The fourth-order valence-corrected chi connectivity index (χ4v) is 3.10. The Labute approximate surface area is 183 Å². The van der Waals surface area contributed by atoms with E-state index < -0.39 is 11.6 Å². The molecule has 3 rings (SSSR count). The molecule has 0 unspecified atom stereocenters. The van der Waals surface area contributed by atoms with Crippen LogP contribution in [0.25, 0.3) is 0 Å². The number of benzene rings is 2. The zero-order valence-electron chi connectivity index (χ0n) is 17.0. The highest BCUT2D eigenvalue weighted by atomic mass is 19.1. The zero-order valence-corrected chi connectivity index (χ0v) is 17.0. The lowest BCUT2D eigenvalue weighted by molar-refractivity contribution is -0.574. The summed E-state index contributed by atoms with van der Waals surface area (Å²) in [5.41, 5.74) is 6.83. The van der Waals surface area contributed by atoms with Crippen LogP contribution in [0.5, 0.6) is 5.75 Å². The quantitative estimate of drug-likeness (QED) is 0.308. The number of anilines is 1. The van der Waals surface area contributed by atoms with Crippen molar-refractivity contribution < 1.29 is 19.6 Å². The molecule has 3 aromatic rings. The summed E-state index contributed by atoms with van der Waals surface area (Å²) in [7, 11) is 0. The van der Waals surface area contributed by atoms with Gasteiger partial charge in [0.15, 0.2) is 11.6 Å². The van der Waals surface area contributed by atoms with E-state index in [0.29, 0.717) is 17.9 Å². The van der Waals surface area contributed by atoms with Crippen molar-refractivity contribution in [1.29, 1.82) is 10.7 Å². The normalized spacial score (nSPS) is 10.4. The molecule has 0 saturated heterocycles. The molecule has 2 aromatic carbocycles. The van der Waals surface area contributed by atoms with Gasteiger partial charge >= 0.3 is 0 Å². The van der Waals surface area contributed by atoms with Gasteiger partial charge in [-0.2, -0.15) is 10.2 Å². The van der Waals surface area contributed by atoms with Crippen molar-refractivity contribution >= 4 is 23.3 Å². The highest BCUT2D eigenvalue weighted by Gasteiger charge is 2.21. The van der Waals surface area contributed by atoms with Crippen LogP contribution in [-0.2, 0) is 0 Å². The number of quaternary nitrogens is 1. The van der Waals surface area contributed by atoms with E-state index in [0.717, 1.165) is 12.1 Å². The molecule has 0 aliphatic heterocycles. The number of nitrogen functional groups attached to an aromatic ring is 1. The minimum Gasteiger partial charge on any atom is -0.505 e. The van der Waals surface area contributed by atoms with Crippen LogP contribution >= 0.6 is 0 Å². The number of nitrogens with two attached hydrogens (primary N) is 2. The Bertz CT molecular complexity index is 1180. The fourth-order valence-electron chi connectivity index (χ4n) is 3.10. The molecule has 0 saturated carbocycles. The fraction of sp³-hybridized carbons (Fsp3) is 0.136. The van der Waals surface area contributed by atoms with Gasteiger partial charge in [0.1, 0.15) is 24.3 Å². The summed E-state index contributed by atoms with van der Waals surface area (Å²) in [6.45, 7) is 0.506. The first kappa shape index (κ1) is 22.3. The maximum atomic E-state index is 13.4. The van der Waals surface area contributed by atoms with Gasteiger partial charge in [-0.05, 0) is 30.3 Å². The number of nitrogens with one attached hydrogen (secondary N) is 1. The van der Waals surface area contributed by atoms with Crippen molar-refractivity contribution in [1.82, 2.24) is 14.9 Å². The molecular formula is C22H21FN7O2+. The van der Waals surface area contributed by atoms with Crippen LogP contribution in [0.4, 0.5) is 16.0 Å². The van der Waals surface area contributed by atoms with Crippen molar-refractivity contribution in [3.8, 4) is 11.8 Å². The molecule has 0 aliphatic carbocycles. The number of halogens is 1. The number of carbonyl (C=O) groups excluding carboxylic acids is 1. The lowest BCUT2D eigenvalue weighted by Gasteiger charge is -2.19. The number of amides is 1. The number of aromatic nitrogens is 2. The molecule has 0 spiro atoms. The monoisotopic (exact) mass is 434 g/mol. The summed E-state index contributed by atoms with van der Waals surface area (Å²) < 4.78 is 13.4. The molecule has 1 aromatic heterocycles. The molecule has 0 radical (unpaired) electrons. The van der Waals surface area contributed by atoms with E-state index in [1.165, 1.54) is 17.3 Å². The zero-order chi connectivity index (χ0) is 23.1. The van der Waals surface area contributed by atoms with Gasteiger partial charge in [0.05, 0.1) is 24.9 Å². The molecule has 1 amide bonds. The molecular weight excluding hydrogens is 413 g/mol. The minimum absolute atomic E-state index is 0.0503. The lowest BCUT2D eigenvalue weighted by Crippen LogP contribution is -2.81. The van der Waals surface area contributed by atoms with Crippen molar-refractivity contribution in [3.63, 3.8) is 0 Å². The third-order valence-electron chi connectivity index (χ3n) is 4.70. The SMILES string of the molecule is N#CCN(CC[NH2+]c1ncnc(N)c1C(=N)c1ccc(F)c(O)c1)C(=O)c1ccccc1. The predicted molar refractivity (Wildman–Crippen MR) is 115 cm³/mol. The Kier molecular flexibility index (Phi) is 7.05. The van der Waals surface area contributed by atoms with Gasteiger partial charge in [0.2, 0.25) is 5.82 Å². The molecule has 0 aliphatic rings. The molecule has 32 heavy (non-hydrogen) atoms. The van der Waals surface area contributed by atoms with E-state index in [2.05, 4.69) is 9.97 Å². The molecule has 0 bridgehead atoms. The number of phenols is 1. The Morgan fingerprint density at radius 1 is 1.22 bits per heavy atom. The van der Waals surface area contributed by atoms with Crippen LogP contribution < -0.4 is 11.1 Å².